The van der Waals surface area contributed by atoms with Crippen molar-refractivity contribution in [2.75, 3.05) is 5.32 Å². The van der Waals surface area contributed by atoms with Gasteiger partial charge in [-0.3, -0.25) is 9.89 Å². The first-order valence-electron chi connectivity index (χ1n) is 7.34. The van der Waals surface area contributed by atoms with E-state index in [4.69, 9.17) is 4.74 Å². The van der Waals surface area contributed by atoms with Crippen LogP contribution in [0.15, 0.2) is 66.9 Å². The third-order valence-corrected chi connectivity index (χ3v) is 3.34. The highest BCUT2D eigenvalue weighted by Gasteiger charge is 2.09. The van der Waals surface area contributed by atoms with Gasteiger partial charge in [-0.05, 0) is 35.9 Å². The molecule has 0 radical (unpaired) electrons. The molecule has 0 aliphatic heterocycles. The number of aromatic nitrogens is 2. The molecule has 6 heteroatoms. The second kappa shape index (κ2) is 7.23. The molecule has 1 heterocycles. The lowest BCUT2D eigenvalue weighted by atomic mass is 10.1. The number of carbonyl (C=O) groups is 2. The van der Waals surface area contributed by atoms with Crippen LogP contribution in [-0.4, -0.2) is 22.1 Å². The molecule has 120 valence electrons. The Bertz CT molecular complexity index is 812. The molecule has 1 aromatic heterocycles. The lowest BCUT2D eigenvalue weighted by Gasteiger charge is -2.07. The lowest BCUT2D eigenvalue weighted by Crippen LogP contribution is -2.12. The van der Waals surface area contributed by atoms with Gasteiger partial charge in [0.2, 0.25) is 0 Å². The Balaban J connectivity index is 1.57. The molecule has 0 unspecified atom stereocenters. The molecule has 3 rings (SSSR count). The zero-order chi connectivity index (χ0) is 16.8. The van der Waals surface area contributed by atoms with Crippen LogP contribution in [0.4, 0.5) is 5.69 Å². The number of hydrogen-bond acceptors (Lipinski definition) is 4. The summed E-state index contributed by atoms with van der Waals surface area (Å²) in [5, 5.41) is 9.05. The van der Waals surface area contributed by atoms with Gasteiger partial charge in [0.25, 0.3) is 5.91 Å². The van der Waals surface area contributed by atoms with Crippen molar-refractivity contribution in [3.8, 4) is 0 Å². The number of para-hydroxylation sites is 1. The molecule has 0 saturated heterocycles. The molecule has 0 atom stereocenters. The van der Waals surface area contributed by atoms with Gasteiger partial charge in [-0.15, -0.1) is 0 Å². The third-order valence-electron chi connectivity index (χ3n) is 3.34. The quantitative estimate of drug-likeness (QED) is 0.708. The van der Waals surface area contributed by atoms with E-state index in [0.717, 1.165) is 11.3 Å². The maximum absolute atomic E-state index is 12.1. The number of benzene rings is 2. The largest absolute Gasteiger partial charge is 0.456 e. The van der Waals surface area contributed by atoms with Gasteiger partial charge in [0.05, 0.1) is 0 Å². The van der Waals surface area contributed by atoms with E-state index in [-0.39, 0.29) is 12.5 Å². The van der Waals surface area contributed by atoms with Crippen LogP contribution in [0.5, 0.6) is 0 Å². The van der Waals surface area contributed by atoms with Crippen LogP contribution in [0, 0.1) is 0 Å². The van der Waals surface area contributed by atoms with E-state index in [2.05, 4.69) is 15.5 Å². The van der Waals surface area contributed by atoms with E-state index < -0.39 is 5.97 Å². The highest BCUT2D eigenvalue weighted by molar-refractivity contribution is 6.04. The summed E-state index contributed by atoms with van der Waals surface area (Å²) in [5.41, 5.74) is 2.36. The van der Waals surface area contributed by atoms with Crippen molar-refractivity contribution < 1.29 is 14.3 Å². The Kier molecular flexibility index (Phi) is 4.67. The number of nitrogens with zero attached hydrogens (tertiary/aromatic N) is 1. The van der Waals surface area contributed by atoms with Gasteiger partial charge in [-0.2, -0.15) is 5.10 Å². The van der Waals surface area contributed by atoms with Crippen molar-refractivity contribution >= 4 is 17.6 Å². The summed E-state index contributed by atoms with van der Waals surface area (Å²) in [6.07, 6.45) is 1.48. The SMILES string of the molecule is O=C(Nc1ccccc1)c1ccc(COC(=O)c2ccn[nH]2)cc1. The molecule has 1 amide bonds. The molecule has 0 aliphatic rings. The molecule has 0 aliphatic carbocycles. The fourth-order valence-corrected chi connectivity index (χ4v) is 2.07. The Morgan fingerprint density at radius 3 is 2.42 bits per heavy atom. The number of nitrogens with one attached hydrogen (secondary N) is 2. The first kappa shape index (κ1) is 15.5. The topological polar surface area (TPSA) is 84.1 Å². The van der Waals surface area contributed by atoms with Gasteiger partial charge in [-0.25, -0.2) is 4.79 Å². The first-order valence-corrected chi connectivity index (χ1v) is 7.34. The van der Waals surface area contributed by atoms with Gasteiger partial charge in [0, 0.05) is 17.4 Å². The number of carbonyl (C=O) groups excluding carboxylic acids is 2. The zero-order valence-corrected chi connectivity index (χ0v) is 12.7. The molecule has 6 nitrogen and oxygen atoms in total. The molecular weight excluding hydrogens is 306 g/mol. The number of amides is 1. The average Bonchev–Trinajstić information content (AvgIpc) is 3.16. The summed E-state index contributed by atoms with van der Waals surface area (Å²) in [7, 11) is 0. The van der Waals surface area contributed by atoms with Crippen LogP contribution >= 0.6 is 0 Å². The van der Waals surface area contributed by atoms with Crippen molar-refractivity contribution in [3.05, 3.63) is 83.7 Å². The Labute approximate surface area is 138 Å². The number of hydrogen-bond donors (Lipinski definition) is 2. The van der Waals surface area contributed by atoms with Crippen LogP contribution in [0.3, 0.4) is 0 Å². The Hall–Kier alpha value is -3.41. The standard InChI is InChI=1S/C18H15N3O3/c22-17(20-15-4-2-1-3-5-15)14-8-6-13(7-9-14)12-24-18(23)16-10-11-19-21-16/h1-11H,12H2,(H,19,21)(H,20,22). The third kappa shape index (κ3) is 3.86. The maximum Gasteiger partial charge on any atom is 0.356 e. The maximum atomic E-state index is 12.1. The molecular formula is C18H15N3O3. The summed E-state index contributed by atoms with van der Waals surface area (Å²) >= 11 is 0. The lowest BCUT2D eigenvalue weighted by molar-refractivity contribution is 0.0465. The second-order valence-electron chi connectivity index (χ2n) is 5.06. The normalized spacial score (nSPS) is 10.2. The molecule has 3 aromatic rings. The molecule has 0 bridgehead atoms. The van der Waals surface area contributed by atoms with Crippen molar-refractivity contribution in [1.29, 1.82) is 0 Å². The van der Waals surface area contributed by atoms with Crippen molar-refractivity contribution in [3.63, 3.8) is 0 Å². The summed E-state index contributed by atoms with van der Waals surface area (Å²) in [4.78, 5) is 23.8. The number of esters is 1. The van der Waals surface area contributed by atoms with Crippen molar-refractivity contribution in [1.82, 2.24) is 10.2 Å². The van der Waals surface area contributed by atoms with E-state index in [9.17, 15) is 9.59 Å². The first-order chi connectivity index (χ1) is 11.7. The number of ether oxygens (including phenoxy) is 1. The summed E-state index contributed by atoms with van der Waals surface area (Å²) in [6, 6.07) is 17.7. The van der Waals surface area contributed by atoms with Gasteiger partial charge in [-0.1, -0.05) is 30.3 Å². The van der Waals surface area contributed by atoms with Gasteiger partial charge in [0.15, 0.2) is 0 Å². The van der Waals surface area contributed by atoms with E-state index in [1.807, 2.05) is 30.3 Å². The zero-order valence-electron chi connectivity index (χ0n) is 12.7. The van der Waals surface area contributed by atoms with E-state index in [1.54, 1.807) is 30.3 Å². The van der Waals surface area contributed by atoms with Crippen LogP contribution in [0.2, 0.25) is 0 Å². The van der Waals surface area contributed by atoms with Crippen LogP contribution in [0.1, 0.15) is 26.4 Å². The predicted molar refractivity (Wildman–Crippen MR) is 88.5 cm³/mol. The number of H-pyrrole nitrogens is 1. The molecule has 0 spiro atoms. The summed E-state index contributed by atoms with van der Waals surface area (Å²) < 4.78 is 5.16. The Morgan fingerprint density at radius 2 is 1.75 bits per heavy atom. The van der Waals surface area contributed by atoms with Crippen LogP contribution in [-0.2, 0) is 11.3 Å². The summed E-state index contributed by atoms with van der Waals surface area (Å²) in [5.74, 6) is -0.666. The minimum atomic E-state index is -0.474. The number of rotatable bonds is 5. The van der Waals surface area contributed by atoms with E-state index in [1.165, 1.54) is 6.20 Å². The highest BCUT2D eigenvalue weighted by Crippen LogP contribution is 2.11. The van der Waals surface area contributed by atoms with E-state index >= 15 is 0 Å². The minimum Gasteiger partial charge on any atom is -0.456 e. The van der Waals surface area contributed by atoms with Crippen LogP contribution in [0.25, 0.3) is 0 Å². The molecule has 2 aromatic carbocycles. The summed E-state index contributed by atoms with van der Waals surface area (Å²) in [6.45, 7) is 0.123. The minimum absolute atomic E-state index is 0.123. The average molecular weight is 321 g/mol. The molecule has 2 N–H and O–H groups in total. The van der Waals surface area contributed by atoms with Crippen LogP contribution < -0.4 is 5.32 Å². The van der Waals surface area contributed by atoms with Crippen molar-refractivity contribution in [2.24, 2.45) is 0 Å². The van der Waals surface area contributed by atoms with Crippen molar-refractivity contribution in [2.45, 2.75) is 6.61 Å². The number of anilines is 1. The molecule has 0 fully saturated rings. The van der Waals surface area contributed by atoms with Gasteiger partial charge < -0.3 is 10.1 Å². The smallest absolute Gasteiger partial charge is 0.356 e. The van der Waals surface area contributed by atoms with Gasteiger partial charge >= 0.3 is 5.97 Å². The fourth-order valence-electron chi connectivity index (χ4n) is 2.07. The molecule has 24 heavy (non-hydrogen) atoms. The fraction of sp³-hybridized carbons (Fsp3) is 0.0556. The Morgan fingerprint density at radius 1 is 1.00 bits per heavy atom. The monoisotopic (exact) mass is 321 g/mol. The van der Waals surface area contributed by atoms with E-state index in [0.29, 0.717) is 11.3 Å². The second-order valence-corrected chi connectivity index (χ2v) is 5.06. The van der Waals surface area contributed by atoms with Gasteiger partial charge in [0.1, 0.15) is 12.3 Å². The highest BCUT2D eigenvalue weighted by atomic mass is 16.5. The molecule has 0 saturated carbocycles. The predicted octanol–water partition coefficient (Wildman–Crippen LogP) is 3.02. The number of aromatic amines is 1.